The average Bonchev–Trinajstić information content (AvgIpc) is 3.14. The maximum absolute atomic E-state index is 13.7. The van der Waals surface area contributed by atoms with Gasteiger partial charge in [0.2, 0.25) is 0 Å². The lowest BCUT2D eigenvalue weighted by Crippen LogP contribution is -2.27. The van der Waals surface area contributed by atoms with Crippen molar-refractivity contribution in [3.63, 3.8) is 0 Å². The van der Waals surface area contributed by atoms with Crippen LogP contribution in [-0.2, 0) is 4.74 Å². The molecule has 0 spiro atoms. The van der Waals surface area contributed by atoms with Gasteiger partial charge < -0.3 is 15.0 Å². The Hall–Kier alpha value is -2.72. The zero-order chi connectivity index (χ0) is 21.3. The van der Waals surface area contributed by atoms with Crippen molar-refractivity contribution in [3.05, 3.63) is 35.0 Å². The Morgan fingerprint density at radius 1 is 1.10 bits per heavy atom. The van der Waals surface area contributed by atoms with Gasteiger partial charge in [-0.1, -0.05) is 11.3 Å². The Morgan fingerprint density at radius 2 is 1.83 bits per heavy atom. The van der Waals surface area contributed by atoms with Crippen LogP contribution in [0.5, 0.6) is 0 Å². The van der Waals surface area contributed by atoms with Gasteiger partial charge in [0.05, 0.1) is 21.0 Å². The molecule has 0 aliphatic carbocycles. The van der Waals surface area contributed by atoms with E-state index < -0.39 is 23.4 Å². The third-order valence-electron chi connectivity index (χ3n) is 3.55. The van der Waals surface area contributed by atoms with Crippen molar-refractivity contribution in [1.82, 2.24) is 4.98 Å². The summed E-state index contributed by atoms with van der Waals surface area (Å²) in [6, 6.07) is 5.45. The minimum atomic E-state index is -0.698. The van der Waals surface area contributed by atoms with Gasteiger partial charge in [0.25, 0.3) is 5.91 Å². The van der Waals surface area contributed by atoms with Gasteiger partial charge in [-0.25, -0.2) is 14.2 Å². The zero-order valence-electron chi connectivity index (χ0n) is 16.6. The molecule has 7 nitrogen and oxygen atoms in total. The second-order valence-corrected chi connectivity index (χ2v) is 9.48. The number of hydrogen-bond acceptors (Lipinski definition) is 7. The van der Waals surface area contributed by atoms with Crippen LogP contribution in [0.15, 0.2) is 24.3 Å². The van der Waals surface area contributed by atoms with Crippen molar-refractivity contribution >= 4 is 60.7 Å². The fourth-order valence-electron chi connectivity index (χ4n) is 2.35. The maximum atomic E-state index is 13.7. The van der Waals surface area contributed by atoms with E-state index in [1.54, 1.807) is 26.8 Å². The summed E-state index contributed by atoms with van der Waals surface area (Å²) >= 11 is 2.73. The summed E-state index contributed by atoms with van der Waals surface area (Å²) in [5.41, 5.74) is -0.311. The average molecular weight is 437 g/mol. The number of nitrogens with zero attached hydrogens (tertiary/aromatic N) is 2. The number of fused-ring (bicyclic) bond motifs is 1. The fourth-order valence-corrected chi connectivity index (χ4v) is 4.38. The molecule has 2 aromatic heterocycles. The Labute approximate surface area is 175 Å². The number of nitrogens with one attached hydrogen (secondary N) is 2. The lowest BCUT2D eigenvalue weighted by atomic mass is 10.2. The number of thiazole rings is 1. The number of benzene rings is 1. The summed E-state index contributed by atoms with van der Waals surface area (Å²) in [6.45, 7) is 5.20. The molecule has 154 valence electrons. The number of halogens is 1. The second kappa shape index (κ2) is 7.96. The van der Waals surface area contributed by atoms with E-state index in [0.29, 0.717) is 4.88 Å². The smallest absolute Gasteiger partial charge is 0.412 e. The van der Waals surface area contributed by atoms with E-state index in [-0.39, 0.29) is 11.4 Å². The van der Waals surface area contributed by atoms with Crippen LogP contribution in [0.2, 0.25) is 0 Å². The van der Waals surface area contributed by atoms with Gasteiger partial charge in [0, 0.05) is 14.1 Å². The molecule has 0 bridgehead atoms. The molecule has 0 aliphatic rings. The molecule has 0 fully saturated rings. The molecule has 0 unspecified atom stereocenters. The molecule has 0 atom stereocenters. The maximum Gasteiger partial charge on any atom is 0.412 e. The highest BCUT2D eigenvalue weighted by Crippen LogP contribution is 2.34. The zero-order valence-corrected chi connectivity index (χ0v) is 18.3. The normalized spacial score (nSPS) is 11.4. The molecule has 1 aromatic carbocycles. The summed E-state index contributed by atoms with van der Waals surface area (Å²) in [7, 11) is 3.80. The van der Waals surface area contributed by atoms with Crippen molar-refractivity contribution in [2.45, 2.75) is 26.4 Å². The van der Waals surface area contributed by atoms with E-state index in [1.807, 2.05) is 19.0 Å². The third-order valence-corrected chi connectivity index (χ3v) is 5.88. The molecular formula is C19H21FN4O3S2. The van der Waals surface area contributed by atoms with Gasteiger partial charge in [-0.05, 0) is 45.0 Å². The molecule has 29 heavy (non-hydrogen) atoms. The summed E-state index contributed by atoms with van der Waals surface area (Å²) in [5, 5.41) is 6.04. The van der Waals surface area contributed by atoms with Crippen LogP contribution < -0.4 is 15.5 Å². The highest BCUT2D eigenvalue weighted by molar-refractivity contribution is 7.29. The number of carbonyl (C=O) groups is 2. The van der Waals surface area contributed by atoms with Crippen molar-refractivity contribution in [2.24, 2.45) is 0 Å². The van der Waals surface area contributed by atoms with E-state index in [1.165, 1.54) is 34.8 Å². The van der Waals surface area contributed by atoms with Crippen molar-refractivity contribution in [2.75, 3.05) is 29.6 Å². The van der Waals surface area contributed by atoms with E-state index in [4.69, 9.17) is 4.74 Å². The largest absolute Gasteiger partial charge is 0.444 e. The first-order valence-corrected chi connectivity index (χ1v) is 10.3. The van der Waals surface area contributed by atoms with Gasteiger partial charge in [-0.3, -0.25) is 10.1 Å². The van der Waals surface area contributed by atoms with Crippen LogP contribution in [0.1, 0.15) is 30.4 Å². The van der Waals surface area contributed by atoms with Crippen molar-refractivity contribution < 1.29 is 18.7 Å². The summed E-state index contributed by atoms with van der Waals surface area (Å²) < 4.78 is 19.9. The number of carbonyl (C=O) groups excluding carboxylic acids is 2. The first kappa shape index (κ1) is 21.0. The summed E-state index contributed by atoms with van der Waals surface area (Å²) in [5.74, 6) is -0.955. The van der Waals surface area contributed by atoms with Crippen molar-refractivity contribution in [1.29, 1.82) is 0 Å². The number of rotatable bonds is 4. The molecule has 0 saturated heterocycles. The Bertz CT molecular complexity index is 1040. The van der Waals surface area contributed by atoms with E-state index in [0.717, 1.165) is 20.7 Å². The number of thiophene rings is 1. The van der Waals surface area contributed by atoms with E-state index in [2.05, 4.69) is 15.6 Å². The minimum Gasteiger partial charge on any atom is -0.444 e. The SMILES string of the molecule is CN(C)c1nc2sc(C(=O)Nc3cc(F)ccc3NC(=O)OC(C)(C)C)cc2s1. The van der Waals surface area contributed by atoms with Crippen molar-refractivity contribution in [3.8, 4) is 0 Å². The Morgan fingerprint density at radius 3 is 2.45 bits per heavy atom. The monoisotopic (exact) mass is 436 g/mol. The minimum absolute atomic E-state index is 0.138. The Balaban J connectivity index is 1.80. The first-order valence-electron chi connectivity index (χ1n) is 8.70. The predicted molar refractivity (Wildman–Crippen MR) is 116 cm³/mol. The van der Waals surface area contributed by atoms with Crippen LogP contribution in [0, 0.1) is 5.82 Å². The molecule has 0 aliphatic heterocycles. The quantitative estimate of drug-likeness (QED) is 0.590. The molecule has 2 heterocycles. The van der Waals surface area contributed by atoms with Crippen LogP contribution in [0.25, 0.3) is 9.53 Å². The highest BCUT2D eigenvalue weighted by Gasteiger charge is 2.19. The van der Waals surface area contributed by atoms with Crippen LogP contribution in [0.3, 0.4) is 0 Å². The summed E-state index contributed by atoms with van der Waals surface area (Å²) in [6.07, 6.45) is -0.698. The number of ether oxygens (including phenoxy) is 1. The summed E-state index contributed by atoms with van der Waals surface area (Å²) in [4.78, 5) is 32.3. The van der Waals surface area contributed by atoms with E-state index >= 15 is 0 Å². The molecule has 2 N–H and O–H groups in total. The topological polar surface area (TPSA) is 83.6 Å². The van der Waals surface area contributed by atoms with Crippen LogP contribution in [0.4, 0.5) is 25.7 Å². The standard InChI is InChI=1S/C19H21FN4O3S2/c1-19(2,3)27-18(26)22-11-7-6-10(20)8-12(11)21-15(25)13-9-14-16(28-13)23-17(29-14)24(4)5/h6-9H,1-5H3,(H,21,25)(H,22,26). The molecule has 0 radical (unpaired) electrons. The lowest BCUT2D eigenvalue weighted by Gasteiger charge is -2.20. The van der Waals surface area contributed by atoms with E-state index in [9.17, 15) is 14.0 Å². The van der Waals surface area contributed by atoms with Crippen LogP contribution >= 0.6 is 22.7 Å². The number of amides is 2. The van der Waals surface area contributed by atoms with Gasteiger partial charge in [0.1, 0.15) is 16.2 Å². The number of anilines is 3. The Kier molecular flexibility index (Phi) is 5.76. The molecular weight excluding hydrogens is 415 g/mol. The molecule has 10 heteroatoms. The molecule has 3 rings (SSSR count). The second-order valence-electron chi connectivity index (χ2n) is 7.44. The first-order chi connectivity index (χ1) is 13.5. The predicted octanol–water partition coefficient (Wildman–Crippen LogP) is 5.16. The number of hydrogen-bond donors (Lipinski definition) is 2. The lowest BCUT2D eigenvalue weighted by molar-refractivity contribution is 0.0635. The van der Waals surface area contributed by atoms with Gasteiger partial charge in [-0.2, -0.15) is 0 Å². The third kappa shape index (κ3) is 5.21. The van der Waals surface area contributed by atoms with Crippen LogP contribution in [-0.4, -0.2) is 36.7 Å². The van der Waals surface area contributed by atoms with Gasteiger partial charge in [-0.15, -0.1) is 11.3 Å². The number of aromatic nitrogens is 1. The van der Waals surface area contributed by atoms with Gasteiger partial charge >= 0.3 is 6.09 Å². The highest BCUT2D eigenvalue weighted by atomic mass is 32.1. The molecule has 3 aromatic rings. The molecule has 0 saturated carbocycles. The molecule has 2 amide bonds. The van der Waals surface area contributed by atoms with Gasteiger partial charge in [0.15, 0.2) is 5.13 Å². The fraction of sp³-hybridized carbons (Fsp3) is 0.316.